The highest BCUT2D eigenvalue weighted by Gasteiger charge is 2.09. The number of rotatable bonds is 6. The molecule has 4 heteroatoms. The van der Waals surface area contributed by atoms with Crippen molar-refractivity contribution in [2.45, 2.75) is 33.6 Å². The van der Waals surface area contributed by atoms with Crippen LogP contribution in [-0.4, -0.2) is 18.4 Å². The quantitative estimate of drug-likeness (QED) is 0.773. The Kier molecular flexibility index (Phi) is 6.06. The highest BCUT2D eigenvalue weighted by Crippen LogP contribution is 2.10. The van der Waals surface area contributed by atoms with Crippen LogP contribution in [0.25, 0.3) is 0 Å². The first-order chi connectivity index (χ1) is 9.01. The van der Waals surface area contributed by atoms with Gasteiger partial charge in [-0.1, -0.05) is 32.9 Å². The molecule has 1 aromatic carbocycles. The zero-order valence-electron chi connectivity index (χ0n) is 11.8. The third-order valence-corrected chi connectivity index (χ3v) is 2.67. The predicted molar refractivity (Wildman–Crippen MR) is 76.9 cm³/mol. The van der Waals surface area contributed by atoms with E-state index in [-0.39, 0.29) is 18.2 Å². The molecule has 0 aliphatic rings. The molecule has 19 heavy (non-hydrogen) atoms. The van der Waals surface area contributed by atoms with E-state index in [1.54, 1.807) is 0 Å². The fourth-order valence-electron chi connectivity index (χ4n) is 1.56. The third kappa shape index (κ3) is 6.04. The lowest BCUT2D eigenvalue weighted by Gasteiger charge is -2.08. The van der Waals surface area contributed by atoms with Gasteiger partial charge in [-0.2, -0.15) is 0 Å². The van der Waals surface area contributed by atoms with Crippen LogP contribution in [0, 0.1) is 5.92 Å². The molecule has 0 unspecified atom stereocenters. The Balaban J connectivity index is 2.39. The molecule has 1 aromatic rings. The van der Waals surface area contributed by atoms with E-state index in [0.29, 0.717) is 12.5 Å². The highest BCUT2D eigenvalue weighted by atomic mass is 16.2. The number of carbonyl (C=O) groups excluding carboxylic acids is 2. The highest BCUT2D eigenvalue weighted by molar-refractivity contribution is 6.03. The molecule has 0 saturated carbocycles. The van der Waals surface area contributed by atoms with Crippen molar-refractivity contribution in [1.82, 2.24) is 5.32 Å². The van der Waals surface area contributed by atoms with Gasteiger partial charge in [-0.05, 0) is 30.0 Å². The largest absolute Gasteiger partial charge is 0.355 e. The van der Waals surface area contributed by atoms with E-state index in [2.05, 4.69) is 17.6 Å². The molecule has 0 aromatic heterocycles. The van der Waals surface area contributed by atoms with Gasteiger partial charge < -0.3 is 10.6 Å². The lowest BCUT2D eigenvalue weighted by atomic mass is 10.1. The van der Waals surface area contributed by atoms with Gasteiger partial charge in [-0.15, -0.1) is 0 Å². The Morgan fingerprint density at radius 2 is 1.74 bits per heavy atom. The summed E-state index contributed by atoms with van der Waals surface area (Å²) in [6, 6.07) is 7.63. The molecule has 4 nitrogen and oxygen atoms in total. The second kappa shape index (κ2) is 7.56. The summed E-state index contributed by atoms with van der Waals surface area (Å²) >= 11 is 0. The molecule has 0 fully saturated rings. The summed E-state index contributed by atoms with van der Waals surface area (Å²) in [5.41, 5.74) is 1.94. The van der Waals surface area contributed by atoms with Crippen molar-refractivity contribution in [2.75, 3.05) is 11.9 Å². The molecular weight excluding hydrogens is 240 g/mol. The van der Waals surface area contributed by atoms with E-state index in [0.717, 1.165) is 12.1 Å². The molecular formula is C15H22N2O2. The first-order valence-electron chi connectivity index (χ1n) is 6.66. The van der Waals surface area contributed by atoms with Crippen LogP contribution in [0.1, 0.15) is 32.8 Å². The Bertz CT molecular complexity index is 424. The number of benzene rings is 1. The summed E-state index contributed by atoms with van der Waals surface area (Å²) in [4.78, 5) is 23.1. The second-order valence-corrected chi connectivity index (χ2v) is 4.97. The molecule has 0 radical (unpaired) electrons. The maximum Gasteiger partial charge on any atom is 0.233 e. The molecule has 1 rings (SSSR count). The lowest BCUT2D eigenvalue weighted by Crippen LogP contribution is -2.30. The van der Waals surface area contributed by atoms with Crippen LogP contribution in [0.3, 0.4) is 0 Å². The van der Waals surface area contributed by atoms with E-state index >= 15 is 0 Å². The number of anilines is 1. The topological polar surface area (TPSA) is 58.2 Å². The number of hydrogen-bond acceptors (Lipinski definition) is 2. The summed E-state index contributed by atoms with van der Waals surface area (Å²) in [6.45, 7) is 6.69. The Morgan fingerprint density at radius 3 is 2.26 bits per heavy atom. The van der Waals surface area contributed by atoms with Gasteiger partial charge in [-0.3, -0.25) is 9.59 Å². The van der Waals surface area contributed by atoms with Gasteiger partial charge >= 0.3 is 0 Å². The van der Waals surface area contributed by atoms with Gasteiger partial charge in [0.1, 0.15) is 6.42 Å². The predicted octanol–water partition coefficient (Wildman–Crippen LogP) is 2.35. The van der Waals surface area contributed by atoms with Crippen LogP contribution in [0.4, 0.5) is 5.69 Å². The van der Waals surface area contributed by atoms with E-state index in [1.165, 1.54) is 5.56 Å². The van der Waals surface area contributed by atoms with Gasteiger partial charge in [0.25, 0.3) is 0 Å². The van der Waals surface area contributed by atoms with Crippen molar-refractivity contribution in [3.63, 3.8) is 0 Å². The second-order valence-electron chi connectivity index (χ2n) is 4.97. The number of aryl methyl sites for hydroxylation is 1. The molecule has 0 aliphatic heterocycles. The van der Waals surface area contributed by atoms with Gasteiger partial charge in [0, 0.05) is 12.2 Å². The summed E-state index contributed by atoms with van der Waals surface area (Å²) in [6.07, 6.45) is 0.827. The number of carbonyl (C=O) groups is 2. The number of hydrogen-bond donors (Lipinski definition) is 2. The van der Waals surface area contributed by atoms with Crippen molar-refractivity contribution < 1.29 is 9.59 Å². The van der Waals surface area contributed by atoms with Crippen molar-refractivity contribution in [1.29, 1.82) is 0 Å². The first kappa shape index (κ1) is 15.2. The zero-order valence-corrected chi connectivity index (χ0v) is 11.8. The van der Waals surface area contributed by atoms with Crippen LogP contribution in [0.15, 0.2) is 24.3 Å². The smallest absolute Gasteiger partial charge is 0.233 e. The standard InChI is InChI=1S/C15H22N2O2/c1-4-12-5-7-13(8-6-12)17-15(19)9-14(18)16-10-11(2)3/h5-8,11H,4,9-10H2,1-3H3,(H,16,18)(H,17,19). The van der Waals surface area contributed by atoms with Gasteiger partial charge in [0.2, 0.25) is 11.8 Å². The lowest BCUT2D eigenvalue weighted by molar-refractivity contribution is -0.126. The summed E-state index contributed by atoms with van der Waals surface area (Å²) < 4.78 is 0. The molecule has 2 N–H and O–H groups in total. The minimum Gasteiger partial charge on any atom is -0.355 e. The minimum atomic E-state index is -0.287. The Labute approximate surface area is 114 Å². The average Bonchev–Trinajstić information content (AvgIpc) is 2.37. The van der Waals surface area contributed by atoms with Crippen molar-refractivity contribution >= 4 is 17.5 Å². The zero-order chi connectivity index (χ0) is 14.3. The molecule has 0 aliphatic carbocycles. The van der Waals surface area contributed by atoms with Crippen molar-refractivity contribution in [3.8, 4) is 0 Å². The average molecular weight is 262 g/mol. The molecule has 104 valence electrons. The third-order valence-electron chi connectivity index (χ3n) is 2.67. The number of amides is 2. The van der Waals surface area contributed by atoms with Crippen LogP contribution in [0.2, 0.25) is 0 Å². The van der Waals surface area contributed by atoms with Crippen molar-refractivity contribution in [2.24, 2.45) is 5.92 Å². The Hall–Kier alpha value is -1.84. The van der Waals surface area contributed by atoms with Crippen LogP contribution >= 0.6 is 0 Å². The fourth-order valence-corrected chi connectivity index (χ4v) is 1.56. The summed E-state index contributed by atoms with van der Waals surface area (Å²) in [5, 5.41) is 5.43. The van der Waals surface area contributed by atoms with E-state index < -0.39 is 0 Å². The van der Waals surface area contributed by atoms with Gasteiger partial charge in [0.15, 0.2) is 0 Å². The van der Waals surface area contributed by atoms with E-state index in [9.17, 15) is 9.59 Å². The van der Waals surface area contributed by atoms with E-state index in [4.69, 9.17) is 0 Å². The van der Waals surface area contributed by atoms with E-state index in [1.807, 2.05) is 38.1 Å². The summed E-state index contributed by atoms with van der Waals surface area (Å²) in [5.74, 6) is -0.143. The van der Waals surface area contributed by atoms with Crippen LogP contribution in [-0.2, 0) is 16.0 Å². The maximum absolute atomic E-state index is 11.7. The SMILES string of the molecule is CCc1ccc(NC(=O)CC(=O)NCC(C)C)cc1. The minimum absolute atomic E-state index is 0.137. The molecule has 0 spiro atoms. The van der Waals surface area contributed by atoms with Gasteiger partial charge in [-0.25, -0.2) is 0 Å². The molecule has 0 bridgehead atoms. The van der Waals surface area contributed by atoms with Crippen molar-refractivity contribution in [3.05, 3.63) is 29.8 Å². The van der Waals surface area contributed by atoms with Gasteiger partial charge in [0.05, 0.1) is 0 Å². The molecule has 2 amide bonds. The Morgan fingerprint density at radius 1 is 1.11 bits per heavy atom. The first-order valence-corrected chi connectivity index (χ1v) is 6.66. The summed E-state index contributed by atoms with van der Waals surface area (Å²) in [7, 11) is 0. The molecule has 0 atom stereocenters. The van der Waals surface area contributed by atoms with Crippen LogP contribution in [0.5, 0.6) is 0 Å². The maximum atomic E-state index is 11.7. The molecule has 0 heterocycles. The number of nitrogens with one attached hydrogen (secondary N) is 2. The fraction of sp³-hybridized carbons (Fsp3) is 0.467. The van der Waals surface area contributed by atoms with Crippen LogP contribution < -0.4 is 10.6 Å². The normalized spacial score (nSPS) is 10.3. The molecule has 0 saturated heterocycles. The monoisotopic (exact) mass is 262 g/mol.